The molecular formula is C23H24N2O5. The van der Waals surface area contributed by atoms with Gasteiger partial charge in [0.2, 0.25) is 0 Å². The molecule has 0 fully saturated rings. The highest BCUT2D eigenvalue weighted by molar-refractivity contribution is 6.16. The summed E-state index contributed by atoms with van der Waals surface area (Å²) in [6.45, 7) is 5.49. The second kappa shape index (κ2) is 8.90. The Morgan fingerprint density at radius 1 is 1.17 bits per heavy atom. The van der Waals surface area contributed by atoms with Crippen LogP contribution < -0.4 is 4.90 Å². The lowest BCUT2D eigenvalue weighted by Gasteiger charge is -2.26. The Kier molecular flexibility index (Phi) is 6.30. The number of aromatic nitrogens is 1. The number of carbonyl (C=O) groups is 3. The summed E-state index contributed by atoms with van der Waals surface area (Å²) >= 11 is 0. The number of ketones is 1. The van der Waals surface area contributed by atoms with E-state index in [0.29, 0.717) is 18.0 Å². The predicted octanol–water partition coefficient (Wildman–Crippen LogP) is 3.31. The van der Waals surface area contributed by atoms with E-state index in [4.69, 9.17) is 4.74 Å². The first-order valence-corrected chi connectivity index (χ1v) is 9.81. The molecule has 2 aromatic rings. The van der Waals surface area contributed by atoms with E-state index in [0.717, 1.165) is 5.56 Å². The minimum Gasteiger partial charge on any atom is -0.503 e. The number of anilines is 1. The van der Waals surface area contributed by atoms with Crippen molar-refractivity contribution in [2.75, 3.05) is 11.5 Å². The number of ether oxygens (including phenoxy) is 1. The zero-order valence-electron chi connectivity index (χ0n) is 17.2. The lowest BCUT2D eigenvalue weighted by Crippen LogP contribution is -2.32. The van der Waals surface area contributed by atoms with Crippen LogP contribution in [0.2, 0.25) is 0 Å². The molecule has 0 bridgehead atoms. The Labute approximate surface area is 175 Å². The molecule has 2 heterocycles. The molecule has 3 rings (SSSR count). The number of rotatable bonds is 7. The van der Waals surface area contributed by atoms with Crippen LogP contribution in [0.15, 0.2) is 60.0 Å². The smallest absolute Gasteiger partial charge is 0.310 e. The van der Waals surface area contributed by atoms with Gasteiger partial charge in [-0.1, -0.05) is 32.0 Å². The van der Waals surface area contributed by atoms with Gasteiger partial charge in [0.1, 0.15) is 6.04 Å². The summed E-state index contributed by atoms with van der Waals surface area (Å²) in [4.78, 5) is 43.1. The molecule has 156 valence electrons. The topological polar surface area (TPSA) is 96.8 Å². The van der Waals surface area contributed by atoms with Crippen molar-refractivity contribution in [2.24, 2.45) is 5.92 Å². The van der Waals surface area contributed by atoms with E-state index < -0.39 is 23.6 Å². The van der Waals surface area contributed by atoms with E-state index in [1.54, 1.807) is 69.4 Å². The molecule has 1 atom stereocenters. The monoisotopic (exact) mass is 408 g/mol. The van der Waals surface area contributed by atoms with Gasteiger partial charge in [0.15, 0.2) is 11.5 Å². The SMILES string of the molecule is CCOC(=O)Cc1ccc(N2C(=O)C(O)=C(C(=O)C(C)C)C2c2ccccn2)cc1. The number of aliphatic hydroxyl groups is 1. The minimum absolute atomic E-state index is 0.0456. The number of benzene rings is 1. The summed E-state index contributed by atoms with van der Waals surface area (Å²) < 4.78 is 4.96. The van der Waals surface area contributed by atoms with Crippen molar-refractivity contribution in [1.82, 2.24) is 4.98 Å². The van der Waals surface area contributed by atoms with E-state index in [1.807, 2.05) is 0 Å². The van der Waals surface area contributed by atoms with Crippen LogP contribution in [0.4, 0.5) is 5.69 Å². The van der Waals surface area contributed by atoms with Crippen LogP contribution in [-0.2, 0) is 25.5 Å². The number of nitrogens with zero attached hydrogens (tertiary/aromatic N) is 2. The van der Waals surface area contributed by atoms with E-state index in [-0.39, 0.29) is 23.7 Å². The van der Waals surface area contributed by atoms with Crippen molar-refractivity contribution in [3.63, 3.8) is 0 Å². The van der Waals surface area contributed by atoms with Gasteiger partial charge in [0, 0.05) is 17.8 Å². The first-order valence-electron chi connectivity index (χ1n) is 9.81. The number of aliphatic hydroxyl groups excluding tert-OH is 1. The summed E-state index contributed by atoms with van der Waals surface area (Å²) in [6.07, 6.45) is 1.69. The average molecular weight is 408 g/mol. The molecule has 1 N–H and O–H groups in total. The molecule has 0 spiro atoms. The maximum absolute atomic E-state index is 12.9. The minimum atomic E-state index is -0.829. The number of amides is 1. The molecule has 1 amide bonds. The van der Waals surface area contributed by atoms with E-state index in [9.17, 15) is 19.5 Å². The highest BCUT2D eigenvalue weighted by Crippen LogP contribution is 2.41. The highest BCUT2D eigenvalue weighted by Gasteiger charge is 2.45. The molecule has 1 aromatic heterocycles. The van der Waals surface area contributed by atoms with Crippen molar-refractivity contribution in [3.8, 4) is 0 Å². The number of esters is 1. The molecule has 1 aliphatic rings. The van der Waals surface area contributed by atoms with Gasteiger partial charge < -0.3 is 9.84 Å². The second-order valence-electron chi connectivity index (χ2n) is 7.26. The Morgan fingerprint density at radius 3 is 2.43 bits per heavy atom. The van der Waals surface area contributed by atoms with Crippen LogP contribution in [0.3, 0.4) is 0 Å². The number of pyridine rings is 1. The van der Waals surface area contributed by atoms with Gasteiger partial charge in [0.25, 0.3) is 5.91 Å². The van der Waals surface area contributed by atoms with Crippen LogP contribution in [0.25, 0.3) is 0 Å². The third-order valence-electron chi connectivity index (χ3n) is 4.83. The zero-order valence-corrected chi connectivity index (χ0v) is 17.2. The van der Waals surface area contributed by atoms with E-state index in [2.05, 4.69) is 4.98 Å². The number of Topliss-reactive ketones (excluding diaryl/α,β-unsaturated/α-hetero) is 1. The largest absolute Gasteiger partial charge is 0.503 e. The summed E-state index contributed by atoms with van der Waals surface area (Å²) in [5.41, 5.74) is 1.74. The first kappa shape index (κ1) is 21.2. The number of hydrogen-bond acceptors (Lipinski definition) is 6. The summed E-state index contributed by atoms with van der Waals surface area (Å²) in [5.74, 6) is -2.25. The van der Waals surface area contributed by atoms with Crippen LogP contribution in [0.1, 0.15) is 38.1 Å². The normalized spacial score (nSPS) is 16.3. The van der Waals surface area contributed by atoms with Gasteiger partial charge in [-0.05, 0) is 36.8 Å². The fourth-order valence-electron chi connectivity index (χ4n) is 3.40. The maximum atomic E-state index is 12.9. The Hall–Kier alpha value is -3.48. The predicted molar refractivity (Wildman–Crippen MR) is 111 cm³/mol. The number of hydrogen-bond donors (Lipinski definition) is 1. The van der Waals surface area contributed by atoms with Gasteiger partial charge in [-0.25, -0.2) is 0 Å². The molecule has 30 heavy (non-hydrogen) atoms. The molecular weight excluding hydrogens is 384 g/mol. The molecule has 7 heteroatoms. The van der Waals surface area contributed by atoms with Gasteiger partial charge >= 0.3 is 5.97 Å². The molecule has 0 aliphatic carbocycles. The Bertz CT molecular complexity index is 980. The quantitative estimate of drug-likeness (QED) is 0.706. The van der Waals surface area contributed by atoms with Crippen molar-refractivity contribution in [3.05, 3.63) is 71.3 Å². The van der Waals surface area contributed by atoms with Crippen molar-refractivity contribution in [1.29, 1.82) is 0 Å². The van der Waals surface area contributed by atoms with Crippen LogP contribution in [0.5, 0.6) is 0 Å². The standard InChI is InChI=1S/C23H24N2O5/c1-4-30-18(26)13-15-8-10-16(11-9-15)25-20(17-7-5-6-12-24-17)19(21(27)14(2)3)22(28)23(25)29/h5-12,14,20,28H,4,13H2,1-3H3. The molecule has 1 unspecified atom stereocenters. The summed E-state index contributed by atoms with van der Waals surface area (Å²) in [5, 5.41) is 10.6. The summed E-state index contributed by atoms with van der Waals surface area (Å²) in [6, 6.07) is 11.2. The van der Waals surface area contributed by atoms with Gasteiger partial charge in [-0.15, -0.1) is 0 Å². The van der Waals surface area contributed by atoms with Crippen LogP contribution in [0, 0.1) is 5.92 Å². The van der Waals surface area contributed by atoms with E-state index in [1.165, 1.54) is 4.90 Å². The van der Waals surface area contributed by atoms with Gasteiger partial charge in [0.05, 0.1) is 24.3 Å². The average Bonchev–Trinajstić information content (AvgIpc) is 2.99. The maximum Gasteiger partial charge on any atom is 0.310 e. The third kappa shape index (κ3) is 4.10. The first-order chi connectivity index (χ1) is 14.3. The summed E-state index contributed by atoms with van der Waals surface area (Å²) in [7, 11) is 0. The Morgan fingerprint density at radius 2 is 1.87 bits per heavy atom. The molecule has 0 saturated carbocycles. The van der Waals surface area contributed by atoms with E-state index >= 15 is 0 Å². The third-order valence-corrected chi connectivity index (χ3v) is 4.83. The van der Waals surface area contributed by atoms with Crippen molar-refractivity contribution in [2.45, 2.75) is 33.2 Å². The highest BCUT2D eigenvalue weighted by atomic mass is 16.5. The second-order valence-corrected chi connectivity index (χ2v) is 7.26. The Balaban J connectivity index is 2.00. The molecule has 7 nitrogen and oxygen atoms in total. The van der Waals surface area contributed by atoms with Gasteiger partial charge in [-0.2, -0.15) is 0 Å². The van der Waals surface area contributed by atoms with Crippen LogP contribution >= 0.6 is 0 Å². The molecule has 1 aromatic carbocycles. The van der Waals surface area contributed by atoms with Crippen LogP contribution in [-0.4, -0.2) is 34.4 Å². The lowest BCUT2D eigenvalue weighted by molar-refractivity contribution is -0.142. The lowest BCUT2D eigenvalue weighted by atomic mass is 9.93. The molecule has 0 saturated heterocycles. The fraction of sp³-hybridized carbons (Fsp3) is 0.304. The zero-order chi connectivity index (χ0) is 21.8. The van der Waals surface area contributed by atoms with Crippen molar-refractivity contribution >= 4 is 23.3 Å². The number of carbonyl (C=O) groups excluding carboxylic acids is 3. The molecule has 1 aliphatic heterocycles. The van der Waals surface area contributed by atoms with Gasteiger partial charge in [-0.3, -0.25) is 24.3 Å². The molecule has 0 radical (unpaired) electrons. The van der Waals surface area contributed by atoms with Crippen molar-refractivity contribution < 1.29 is 24.2 Å². The fourth-order valence-corrected chi connectivity index (χ4v) is 3.40.